The van der Waals surface area contributed by atoms with Gasteiger partial charge in [-0.05, 0) is 67.8 Å². The van der Waals surface area contributed by atoms with Crippen LogP contribution in [-0.2, 0) is 30.5 Å². The second-order valence-electron chi connectivity index (χ2n) is 9.45. The van der Waals surface area contributed by atoms with Crippen LogP contribution in [0.5, 0.6) is 0 Å². The molecule has 2 heterocycles. The van der Waals surface area contributed by atoms with Crippen LogP contribution < -0.4 is 5.32 Å². The fourth-order valence-electron chi connectivity index (χ4n) is 4.31. The molecule has 0 aliphatic carbocycles. The van der Waals surface area contributed by atoms with Crippen LogP contribution in [0.4, 0.5) is 18.9 Å². The van der Waals surface area contributed by atoms with Gasteiger partial charge in [0.15, 0.2) is 5.78 Å². The van der Waals surface area contributed by atoms with Crippen LogP contribution in [0, 0.1) is 6.92 Å². The largest absolute Gasteiger partial charge is 0.416 e. The molecule has 0 atom stereocenters. The highest BCUT2D eigenvalue weighted by atomic mass is 19.4. The average molecular weight is 615 g/mol. The van der Waals surface area contributed by atoms with Gasteiger partial charge in [-0.15, -0.1) is 0 Å². The van der Waals surface area contributed by atoms with E-state index < -0.39 is 17.6 Å². The number of aromatic nitrogens is 2. The van der Waals surface area contributed by atoms with Crippen molar-refractivity contribution >= 4 is 23.3 Å². The summed E-state index contributed by atoms with van der Waals surface area (Å²) in [7, 11) is 0. The van der Waals surface area contributed by atoms with Gasteiger partial charge in [0.25, 0.3) is 5.91 Å². The van der Waals surface area contributed by atoms with Crippen LogP contribution >= 0.6 is 0 Å². The molecule has 4 rings (SSSR count). The van der Waals surface area contributed by atoms with Crippen LogP contribution in [0.2, 0.25) is 0 Å². The molecule has 0 radical (unpaired) electrons. The van der Waals surface area contributed by atoms with Crippen LogP contribution in [0.15, 0.2) is 60.8 Å². The highest BCUT2D eigenvalue weighted by Gasteiger charge is 2.30. The smallest absolute Gasteiger partial charge is 0.330 e. The number of anilines is 1. The number of rotatable bonds is 6. The van der Waals surface area contributed by atoms with Gasteiger partial charge in [-0.2, -0.15) is 13.2 Å². The van der Waals surface area contributed by atoms with Gasteiger partial charge in [-0.1, -0.05) is 59.2 Å². The summed E-state index contributed by atoms with van der Waals surface area (Å²) in [6, 6.07) is 9.94. The maximum atomic E-state index is 12.7. The fraction of sp³-hybridized carbons (Fsp3) is 0.412. The van der Waals surface area contributed by atoms with Crippen molar-refractivity contribution < 1.29 is 27.6 Å². The first-order valence-corrected chi connectivity index (χ1v) is 15.0. The van der Waals surface area contributed by atoms with Crippen molar-refractivity contribution in [2.24, 2.45) is 0 Å². The molecule has 1 N–H and O–H groups in total. The van der Waals surface area contributed by atoms with Crippen molar-refractivity contribution in [2.75, 3.05) is 11.9 Å². The number of allylic oxidation sites excluding steroid dienone is 1. The number of imidazole rings is 1. The molecule has 0 saturated heterocycles. The fourth-order valence-corrected chi connectivity index (χ4v) is 4.31. The number of benzene rings is 2. The zero-order valence-corrected chi connectivity index (χ0v) is 27.0. The third kappa shape index (κ3) is 10.8. The Hall–Kier alpha value is -4.21. The summed E-state index contributed by atoms with van der Waals surface area (Å²) in [6.45, 7) is 17.1. The summed E-state index contributed by atoms with van der Waals surface area (Å²) in [6.07, 6.45) is 2.24. The number of Topliss-reactive ketones (excluding diaryl/α,β-unsaturated/α-hetero) is 1. The van der Waals surface area contributed by atoms with E-state index in [1.165, 1.54) is 19.1 Å². The number of nitrogens with one attached hydrogen (secondary N) is 1. The molecule has 7 nitrogen and oxygen atoms in total. The molecule has 1 aromatic heterocycles. The number of fused-ring (bicyclic) bond motifs is 1. The van der Waals surface area contributed by atoms with Gasteiger partial charge in [0.05, 0.1) is 18.3 Å². The maximum Gasteiger partial charge on any atom is 0.416 e. The number of ketones is 1. The third-order valence-corrected chi connectivity index (χ3v) is 6.42. The molecule has 1 aliphatic heterocycles. The predicted molar refractivity (Wildman–Crippen MR) is 170 cm³/mol. The zero-order chi connectivity index (χ0) is 33.4. The lowest BCUT2D eigenvalue weighted by atomic mass is 10.0. The Kier molecular flexibility index (Phi) is 15.9. The second-order valence-corrected chi connectivity index (χ2v) is 9.45. The lowest BCUT2D eigenvalue weighted by molar-refractivity contribution is -0.137. The maximum absolute atomic E-state index is 12.7. The predicted octanol–water partition coefficient (Wildman–Crippen LogP) is 8.28. The van der Waals surface area contributed by atoms with Crippen molar-refractivity contribution in [3.8, 4) is 0 Å². The van der Waals surface area contributed by atoms with E-state index in [4.69, 9.17) is 0 Å². The normalized spacial score (nSPS) is 12.0. The Morgan fingerprint density at radius 3 is 2.30 bits per heavy atom. The Morgan fingerprint density at radius 1 is 1.02 bits per heavy atom. The van der Waals surface area contributed by atoms with Gasteiger partial charge in [0.2, 0.25) is 5.91 Å². The van der Waals surface area contributed by atoms with Crippen LogP contribution in [-0.4, -0.2) is 38.6 Å². The number of amides is 2. The minimum Gasteiger partial charge on any atom is -0.330 e. The standard InChI is InChI=1S/C18H18F3NO.C12H15N3O2.2C2H6/c1-3-5-13-10-14(9-8-12(13)2)17(23)22-16-7-4-6-15(11-16)18(19,20)21;1-3-4-12(17)14-5-6-15-10(9(2)16)7-13-11(15)8-14;2*1-2/h4,6-11H,3,5H2,1-2H3,(H,22,23);3-4,7H,5-6,8H2,1-2H3;2*1-2H3/b;4-3+;;. The van der Waals surface area contributed by atoms with Crippen LogP contribution in [0.3, 0.4) is 0 Å². The lowest BCUT2D eigenvalue weighted by Gasteiger charge is -2.27. The molecule has 0 fully saturated rings. The van der Waals surface area contributed by atoms with Crippen LogP contribution in [0.25, 0.3) is 0 Å². The van der Waals surface area contributed by atoms with E-state index in [0.29, 0.717) is 30.9 Å². The number of hydrogen-bond acceptors (Lipinski definition) is 4. The van der Waals surface area contributed by atoms with Crippen molar-refractivity contribution in [3.05, 3.63) is 94.6 Å². The highest BCUT2D eigenvalue weighted by molar-refractivity contribution is 6.04. The zero-order valence-electron chi connectivity index (χ0n) is 27.0. The lowest BCUT2D eigenvalue weighted by Crippen LogP contribution is -2.38. The van der Waals surface area contributed by atoms with E-state index in [2.05, 4.69) is 17.2 Å². The third-order valence-electron chi connectivity index (χ3n) is 6.42. The Morgan fingerprint density at radius 2 is 1.70 bits per heavy atom. The molecule has 2 amide bonds. The highest BCUT2D eigenvalue weighted by Crippen LogP contribution is 2.30. The summed E-state index contributed by atoms with van der Waals surface area (Å²) < 4.78 is 40.0. The number of nitrogens with zero attached hydrogens (tertiary/aromatic N) is 3. The Bertz CT molecular complexity index is 1410. The van der Waals surface area contributed by atoms with Gasteiger partial charge < -0.3 is 14.8 Å². The van der Waals surface area contributed by atoms with Gasteiger partial charge in [0.1, 0.15) is 11.5 Å². The number of hydrogen-bond donors (Lipinski definition) is 1. The van der Waals surface area contributed by atoms with Gasteiger partial charge in [0, 0.05) is 31.3 Å². The SMILES string of the molecule is C/C=C/C(=O)N1CCn2c(C(C)=O)cnc2C1.CC.CC.CCCc1cc(C(=O)Nc2cccc(C(F)(F)F)c2)ccc1C. The van der Waals surface area contributed by atoms with Gasteiger partial charge in [-0.3, -0.25) is 14.4 Å². The summed E-state index contributed by atoms with van der Waals surface area (Å²) >= 11 is 0. The topological polar surface area (TPSA) is 84.3 Å². The summed E-state index contributed by atoms with van der Waals surface area (Å²) in [5, 5.41) is 2.52. The Balaban J connectivity index is 0.000000409. The number of aryl methyl sites for hydroxylation is 2. The first kappa shape index (κ1) is 37.8. The number of carbonyl (C=O) groups excluding carboxylic acids is 3. The van der Waals surface area contributed by atoms with E-state index in [1.807, 2.05) is 52.2 Å². The van der Waals surface area contributed by atoms with E-state index in [0.717, 1.165) is 41.9 Å². The average Bonchev–Trinajstić information content (AvgIpc) is 3.44. The van der Waals surface area contributed by atoms with Crippen LogP contribution in [0.1, 0.15) is 98.2 Å². The minimum atomic E-state index is -4.43. The molecule has 0 bridgehead atoms. The molecule has 3 aromatic rings. The minimum absolute atomic E-state index is 0.00822. The molecular weight excluding hydrogens is 569 g/mol. The first-order valence-electron chi connectivity index (χ1n) is 15.0. The summed E-state index contributed by atoms with van der Waals surface area (Å²) in [4.78, 5) is 41.2. The first-order chi connectivity index (χ1) is 20.9. The molecule has 240 valence electrons. The second kappa shape index (κ2) is 18.5. The number of halogens is 3. The molecule has 0 spiro atoms. The molecule has 0 unspecified atom stereocenters. The van der Waals surface area contributed by atoms with Crippen molar-refractivity contribution in [2.45, 2.75) is 87.5 Å². The molecular formula is C34H45F3N4O3. The van der Waals surface area contributed by atoms with Crippen molar-refractivity contribution in [3.63, 3.8) is 0 Å². The monoisotopic (exact) mass is 614 g/mol. The van der Waals surface area contributed by atoms with Crippen molar-refractivity contribution in [1.29, 1.82) is 0 Å². The molecule has 1 aliphatic rings. The van der Waals surface area contributed by atoms with E-state index in [9.17, 15) is 27.6 Å². The molecule has 2 aromatic carbocycles. The quantitative estimate of drug-likeness (QED) is 0.224. The van der Waals surface area contributed by atoms with Crippen molar-refractivity contribution in [1.82, 2.24) is 14.5 Å². The molecule has 10 heteroatoms. The number of alkyl halides is 3. The van der Waals surface area contributed by atoms with Gasteiger partial charge >= 0.3 is 6.18 Å². The summed E-state index contributed by atoms with van der Waals surface area (Å²) in [5.41, 5.74) is 2.58. The van der Waals surface area contributed by atoms with Gasteiger partial charge in [-0.25, -0.2) is 4.98 Å². The Labute approximate surface area is 259 Å². The van der Waals surface area contributed by atoms with E-state index >= 15 is 0 Å². The summed E-state index contributed by atoms with van der Waals surface area (Å²) in [5.74, 6) is 0.365. The van der Waals surface area contributed by atoms with E-state index in [1.54, 1.807) is 35.4 Å². The van der Waals surface area contributed by atoms with E-state index in [-0.39, 0.29) is 17.4 Å². The number of carbonyl (C=O) groups is 3. The molecule has 44 heavy (non-hydrogen) atoms. The molecule has 0 saturated carbocycles.